The minimum atomic E-state index is -0.787. The summed E-state index contributed by atoms with van der Waals surface area (Å²) in [5.41, 5.74) is 6.94. The predicted octanol–water partition coefficient (Wildman–Crippen LogP) is 3.12. The van der Waals surface area contributed by atoms with Gasteiger partial charge in [-0.3, -0.25) is 4.79 Å². The van der Waals surface area contributed by atoms with Crippen molar-refractivity contribution >= 4 is 23.2 Å². The lowest BCUT2D eigenvalue weighted by atomic mass is 10.1. The summed E-state index contributed by atoms with van der Waals surface area (Å²) < 4.78 is 13.0. The molecule has 0 fully saturated rings. The summed E-state index contributed by atoms with van der Waals surface area (Å²) in [5, 5.41) is 2.54. The number of hydrogen-bond acceptors (Lipinski definition) is 2. The third kappa shape index (κ3) is 3.30. The van der Waals surface area contributed by atoms with Crippen LogP contribution in [0.25, 0.3) is 0 Å². The van der Waals surface area contributed by atoms with Gasteiger partial charge in [0.05, 0.1) is 5.02 Å². The van der Waals surface area contributed by atoms with Crippen LogP contribution in [-0.4, -0.2) is 5.91 Å². The molecule has 0 aromatic heterocycles. The van der Waals surface area contributed by atoms with E-state index < -0.39 is 11.9 Å². The van der Waals surface area contributed by atoms with E-state index in [2.05, 4.69) is 5.32 Å². The van der Waals surface area contributed by atoms with Crippen molar-refractivity contribution in [3.05, 3.63) is 64.9 Å². The van der Waals surface area contributed by atoms with Gasteiger partial charge in [-0.25, -0.2) is 4.39 Å². The van der Waals surface area contributed by atoms with Gasteiger partial charge in [0.25, 0.3) is 0 Å². The van der Waals surface area contributed by atoms with Crippen LogP contribution in [0.3, 0.4) is 0 Å². The third-order valence-corrected chi connectivity index (χ3v) is 2.92. The van der Waals surface area contributed by atoms with E-state index in [1.807, 2.05) is 6.07 Å². The van der Waals surface area contributed by atoms with Crippen LogP contribution < -0.4 is 11.1 Å². The van der Waals surface area contributed by atoms with Crippen molar-refractivity contribution in [2.75, 3.05) is 5.32 Å². The summed E-state index contributed by atoms with van der Waals surface area (Å²) >= 11 is 5.64. The van der Waals surface area contributed by atoms with E-state index in [4.69, 9.17) is 17.3 Å². The van der Waals surface area contributed by atoms with Gasteiger partial charge < -0.3 is 11.1 Å². The van der Waals surface area contributed by atoms with Crippen molar-refractivity contribution in [2.45, 2.75) is 6.04 Å². The fourth-order valence-electron chi connectivity index (χ4n) is 1.61. The van der Waals surface area contributed by atoms with Crippen molar-refractivity contribution in [1.82, 2.24) is 0 Å². The lowest BCUT2D eigenvalue weighted by Gasteiger charge is -2.12. The predicted molar refractivity (Wildman–Crippen MR) is 73.4 cm³/mol. The molecule has 1 amide bonds. The van der Waals surface area contributed by atoms with E-state index in [-0.39, 0.29) is 10.9 Å². The summed E-state index contributed by atoms with van der Waals surface area (Å²) in [6.45, 7) is 0. The van der Waals surface area contributed by atoms with Crippen molar-refractivity contribution in [3.8, 4) is 0 Å². The summed E-state index contributed by atoms with van der Waals surface area (Å²) in [5.74, 6) is -0.916. The first-order valence-electron chi connectivity index (χ1n) is 5.64. The molecule has 5 heteroatoms. The zero-order chi connectivity index (χ0) is 13.8. The number of amides is 1. The quantitative estimate of drug-likeness (QED) is 0.906. The number of carbonyl (C=O) groups excluding carboxylic acids is 1. The number of hydrogen-bond donors (Lipinski definition) is 2. The first kappa shape index (κ1) is 13.5. The van der Waals surface area contributed by atoms with Gasteiger partial charge in [-0.2, -0.15) is 0 Å². The molecule has 2 rings (SSSR count). The molecule has 0 aliphatic carbocycles. The topological polar surface area (TPSA) is 55.1 Å². The molecule has 3 N–H and O–H groups in total. The molecule has 0 saturated heterocycles. The zero-order valence-corrected chi connectivity index (χ0v) is 10.7. The van der Waals surface area contributed by atoms with E-state index in [9.17, 15) is 9.18 Å². The molecule has 3 nitrogen and oxygen atoms in total. The van der Waals surface area contributed by atoms with Gasteiger partial charge in [0.2, 0.25) is 5.91 Å². The van der Waals surface area contributed by atoms with Crippen molar-refractivity contribution in [3.63, 3.8) is 0 Å². The number of halogens is 2. The molecule has 19 heavy (non-hydrogen) atoms. The minimum Gasteiger partial charge on any atom is -0.324 e. The fourth-order valence-corrected chi connectivity index (χ4v) is 1.79. The lowest BCUT2D eigenvalue weighted by molar-refractivity contribution is -0.117. The van der Waals surface area contributed by atoms with Crippen molar-refractivity contribution < 1.29 is 9.18 Å². The molecule has 0 aliphatic heterocycles. The minimum absolute atomic E-state index is 0.0499. The van der Waals surface area contributed by atoms with Gasteiger partial charge in [-0.15, -0.1) is 0 Å². The van der Waals surface area contributed by atoms with Crippen LogP contribution in [0.5, 0.6) is 0 Å². The SMILES string of the molecule is N[C@@H](C(=O)Nc1ccc(F)c(Cl)c1)c1ccccc1. The van der Waals surface area contributed by atoms with Gasteiger partial charge in [-0.05, 0) is 23.8 Å². The van der Waals surface area contributed by atoms with Crippen LogP contribution in [0.1, 0.15) is 11.6 Å². The van der Waals surface area contributed by atoms with Gasteiger partial charge in [0.15, 0.2) is 0 Å². The molecule has 0 bridgehead atoms. The Hall–Kier alpha value is -1.91. The molecule has 98 valence electrons. The fraction of sp³-hybridized carbons (Fsp3) is 0.0714. The van der Waals surface area contributed by atoms with E-state index in [1.165, 1.54) is 18.2 Å². The maximum atomic E-state index is 13.0. The second kappa shape index (κ2) is 5.82. The van der Waals surface area contributed by atoms with E-state index in [1.54, 1.807) is 24.3 Å². The lowest BCUT2D eigenvalue weighted by Crippen LogP contribution is -2.27. The Labute approximate surface area is 115 Å². The van der Waals surface area contributed by atoms with Crippen molar-refractivity contribution in [2.24, 2.45) is 5.73 Å². The maximum Gasteiger partial charge on any atom is 0.245 e. The molecule has 0 unspecified atom stereocenters. The highest BCUT2D eigenvalue weighted by Gasteiger charge is 2.15. The highest BCUT2D eigenvalue weighted by Crippen LogP contribution is 2.20. The molecule has 0 saturated carbocycles. The monoisotopic (exact) mass is 278 g/mol. The number of anilines is 1. The molecule has 0 radical (unpaired) electrons. The summed E-state index contributed by atoms with van der Waals surface area (Å²) in [6, 6.07) is 12.1. The standard InChI is InChI=1S/C14H12ClFN2O/c15-11-8-10(6-7-12(11)16)18-14(19)13(17)9-4-2-1-3-5-9/h1-8,13H,17H2,(H,18,19)/t13-/m1/s1. The second-order valence-electron chi connectivity index (χ2n) is 4.01. The molecule has 2 aromatic rings. The number of rotatable bonds is 3. The summed E-state index contributed by atoms with van der Waals surface area (Å²) in [7, 11) is 0. The van der Waals surface area contributed by atoms with Gasteiger partial charge in [0.1, 0.15) is 11.9 Å². The Bertz CT molecular complexity index is 589. The van der Waals surface area contributed by atoms with Crippen LogP contribution in [0.4, 0.5) is 10.1 Å². The van der Waals surface area contributed by atoms with Gasteiger partial charge in [-0.1, -0.05) is 41.9 Å². The van der Waals surface area contributed by atoms with Crippen LogP contribution in [-0.2, 0) is 4.79 Å². The largest absolute Gasteiger partial charge is 0.324 e. The van der Waals surface area contributed by atoms with Crippen LogP contribution in [0, 0.1) is 5.82 Å². The zero-order valence-electron chi connectivity index (χ0n) is 9.94. The molecular formula is C14H12ClFN2O. The van der Waals surface area contributed by atoms with E-state index >= 15 is 0 Å². The number of carbonyl (C=O) groups is 1. The highest BCUT2D eigenvalue weighted by atomic mass is 35.5. The first-order valence-corrected chi connectivity index (χ1v) is 6.02. The maximum absolute atomic E-state index is 13.0. The first-order chi connectivity index (χ1) is 9.08. The van der Waals surface area contributed by atoms with Gasteiger partial charge >= 0.3 is 0 Å². The molecule has 0 spiro atoms. The molecule has 0 aliphatic rings. The molecule has 1 atom stereocenters. The van der Waals surface area contributed by atoms with Crippen molar-refractivity contribution in [1.29, 1.82) is 0 Å². The highest BCUT2D eigenvalue weighted by molar-refractivity contribution is 6.31. The average molecular weight is 279 g/mol. The Morgan fingerprint density at radius 2 is 1.89 bits per heavy atom. The summed E-state index contributed by atoms with van der Waals surface area (Å²) in [6.07, 6.45) is 0. The normalized spacial score (nSPS) is 11.9. The number of nitrogens with two attached hydrogens (primary N) is 1. The molecule has 2 aromatic carbocycles. The summed E-state index contributed by atoms with van der Waals surface area (Å²) in [4.78, 5) is 11.9. The number of nitrogens with one attached hydrogen (secondary N) is 1. The number of benzene rings is 2. The van der Waals surface area contributed by atoms with E-state index in [0.717, 1.165) is 0 Å². The Balaban J connectivity index is 2.10. The smallest absolute Gasteiger partial charge is 0.245 e. The van der Waals surface area contributed by atoms with Gasteiger partial charge in [0, 0.05) is 5.69 Å². The van der Waals surface area contributed by atoms with Crippen LogP contribution >= 0.6 is 11.6 Å². The Kier molecular flexibility index (Phi) is 4.14. The van der Waals surface area contributed by atoms with Crippen LogP contribution in [0.2, 0.25) is 5.02 Å². The Morgan fingerprint density at radius 1 is 1.21 bits per heavy atom. The van der Waals surface area contributed by atoms with Crippen LogP contribution in [0.15, 0.2) is 48.5 Å². The Morgan fingerprint density at radius 3 is 2.53 bits per heavy atom. The molecular weight excluding hydrogens is 267 g/mol. The third-order valence-electron chi connectivity index (χ3n) is 2.63. The average Bonchev–Trinajstić information content (AvgIpc) is 2.43. The van der Waals surface area contributed by atoms with E-state index in [0.29, 0.717) is 11.3 Å². The molecule has 0 heterocycles. The second-order valence-corrected chi connectivity index (χ2v) is 4.41.